The van der Waals surface area contributed by atoms with Gasteiger partial charge in [0.2, 0.25) is 0 Å². The SMILES string of the molecule is CCCCC(C)(F)[C@@H](/C=C/[C@@H]1[C@H]2C(F)[C@H](C(I)CCCC(=O)OC)O[C@@H]2C[C@H]1OC1CCCCO1)OC1CCCCO1. The predicted molar refractivity (Wildman–Crippen MR) is 164 cm³/mol. The van der Waals surface area contributed by atoms with Crippen LogP contribution in [-0.4, -0.2) is 79.1 Å². The summed E-state index contributed by atoms with van der Waals surface area (Å²) >= 11 is 2.25. The van der Waals surface area contributed by atoms with E-state index in [1.807, 2.05) is 13.0 Å². The molecular weight excluding hydrogens is 661 g/mol. The van der Waals surface area contributed by atoms with Crippen LogP contribution in [0, 0.1) is 11.8 Å². The van der Waals surface area contributed by atoms with Crippen molar-refractivity contribution >= 4 is 28.6 Å². The Morgan fingerprint density at radius 2 is 1.83 bits per heavy atom. The fraction of sp³-hybridized carbons (Fsp3) is 0.906. The largest absolute Gasteiger partial charge is 0.469 e. The number of halogens is 3. The molecule has 1 aliphatic carbocycles. The summed E-state index contributed by atoms with van der Waals surface area (Å²) < 4.78 is 67.8. The maximum Gasteiger partial charge on any atom is 0.305 e. The molecule has 3 heterocycles. The Labute approximate surface area is 264 Å². The standard InChI is InChI=1S/C32H51F2IO7/c1-4-5-17-32(2,34)25(42-28-14-7-9-19-39-28)16-15-21-23(40-27-13-6-8-18-38-27)20-24-29(21)30(33)31(41-24)22(35)11-10-12-26(36)37-3/h15-16,21-25,27-31H,4-14,17-20H2,1-3H3/b16-15+/t21-,22?,23+,24+,25+,27?,28?,29+,30?,31-,32?/m0/s1. The minimum atomic E-state index is -1.59. The summed E-state index contributed by atoms with van der Waals surface area (Å²) in [6, 6.07) is 0. The number of esters is 1. The molecule has 4 fully saturated rings. The lowest BCUT2D eigenvalue weighted by atomic mass is 9.86. The van der Waals surface area contributed by atoms with Crippen molar-refractivity contribution in [1.82, 2.24) is 0 Å². The first-order chi connectivity index (χ1) is 20.2. The Morgan fingerprint density at radius 3 is 2.48 bits per heavy atom. The number of unbranched alkanes of at least 4 members (excludes halogenated alkanes) is 1. The lowest BCUT2D eigenvalue weighted by molar-refractivity contribution is -0.202. The van der Waals surface area contributed by atoms with Crippen LogP contribution in [-0.2, 0) is 33.2 Å². The monoisotopic (exact) mass is 712 g/mol. The molecule has 10 heteroatoms. The van der Waals surface area contributed by atoms with Gasteiger partial charge in [-0.3, -0.25) is 4.79 Å². The van der Waals surface area contributed by atoms with E-state index in [9.17, 15) is 4.79 Å². The minimum Gasteiger partial charge on any atom is -0.469 e. The molecule has 0 aromatic rings. The summed E-state index contributed by atoms with van der Waals surface area (Å²) in [5.41, 5.74) is -1.59. The molecule has 0 radical (unpaired) electrons. The molecule has 0 aromatic heterocycles. The topological polar surface area (TPSA) is 72.5 Å². The molecule has 4 aliphatic rings. The summed E-state index contributed by atoms with van der Waals surface area (Å²) in [5.74, 6) is -0.978. The maximum atomic E-state index is 16.3. The van der Waals surface area contributed by atoms with E-state index in [4.69, 9.17) is 28.4 Å². The van der Waals surface area contributed by atoms with Crippen molar-refractivity contribution in [3.8, 4) is 0 Å². The van der Waals surface area contributed by atoms with E-state index in [0.29, 0.717) is 45.3 Å². The predicted octanol–water partition coefficient (Wildman–Crippen LogP) is 7.17. The number of ether oxygens (including phenoxy) is 6. The lowest BCUT2D eigenvalue weighted by Crippen LogP contribution is -2.40. The van der Waals surface area contributed by atoms with Crippen molar-refractivity contribution in [1.29, 1.82) is 0 Å². The van der Waals surface area contributed by atoms with E-state index < -0.39 is 36.3 Å². The second kappa shape index (κ2) is 16.8. The van der Waals surface area contributed by atoms with Crippen LogP contribution in [0.5, 0.6) is 0 Å². The molecule has 4 rings (SSSR count). The Kier molecular flexibility index (Phi) is 13.8. The summed E-state index contributed by atoms with van der Waals surface area (Å²) in [5, 5.41) is 0. The smallest absolute Gasteiger partial charge is 0.305 e. The number of carbonyl (C=O) groups is 1. The average molecular weight is 713 g/mol. The molecule has 42 heavy (non-hydrogen) atoms. The van der Waals surface area contributed by atoms with Crippen LogP contribution in [0.1, 0.15) is 97.3 Å². The fourth-order valence-corrected chi connectivity index (χ4v) is 7.77. The van der Waals surface area contributed by atoms with Crippen LogP contribution in [0.4, 0.5) is 8.78 Å². The molecule has 0 aromatic carbocycles. The third-order valence-electron chi connectivity index (χ3n) is 9.25. The number of methoxy groups -OCH3 is 1. The lowest BCUT2D eigenvalue weighted by Gasteiger charge is -2.34. The fourth-order valence-electron chi connectivity index (χ4n) is 6.77. The first kappa shape index (κ1) is 34.5. The first-order valence-corrected chi connectivity index (χ1v) is 17.4. The summed E-state index contributed by atoms with van der Waals surface area (Å²) in [6.45, 7) is 4.92. The molecule has 7 nitrogen and oxygen atoms in total. The van der Waals surface area contributed by atoms with Gasteiger partial charge >= 0.3 is 5.97 Å². The van der Waals surface area contributed by atoms with Crippen molar-refractivity contribution in [2.45, 2.75) is 150 Å². The second-order valence-electron chi connectivity index (χ2n) is 12.5. The molecule has 242 valence electrons. The number of hydrogen-bond donors (Lipinski definition) is 0. The normalized spacial score (nSPS) is 36.4. The van der Waals surface area contributed by atoms with E-state index in [1.165, 1.54) is 7.11 Å². The highest BCUT2D eigenvalue weighted by atomic mass is 127. The van der Waals surface area contributed by atoms with Crippen molar-refractivity contribution in [2.75, 3.05) is 20.3 Å². The van der Waals surface area contributed by atoms with Gasteiger partial charge in [0, 0.05) is 41.8 Å². The molecule has 0 spiro atoms. The number of carbonyl (C=O) groups excluding carboxylic acids is 1. The third kappa shape index (κ3) is 9.31. The quantitative estimate of drug-likeness (QED) is 0.0772. The first-order valence-electron chi connectivity index (χ1n) is 16.1. The zero-order valence-corrected chi connectivity index (χ0v) is 27.7. The van der Waals surface area contributed by atoms with Gasteiger partial charge in [0.25, 0.3) is 0 Å². The molecular formula is C32H51F2IO7. The number of fused-ring (bicyclic) bond motifs is 1. The number of hydrogen-bond acceptors (Lipinski definition) is 7. The van der Waals surface area contributed by atoms with Crippen molar-refractivity contribution in [3.63, 3.8) is 0 Å². The molecule has 0 N–H and O–H groups in total. The van der Waals surface area contributed by atoms with Gasteiger partial charge in [0.15, 0.2) is 12.6 Å². The summed E-state index contributed by atoms with van der Waals surface area (Å²) in [6.07, 6.45) is 9.51. The van der Waals surface area contributed by atoms with E-state index in [-0.39, 0.29) is 34.3 Å². The Morgan fingerprint density at radius 1 is 1.12 bits per heavy atom. The molecule has 1 saturated carbocycles. The van der Waals surface area contributed by atoms with Gasteiger partial charge in [0.05, 0.1) is 19.3 Å². The second-order valence-corrected chi connectivity index (χ2v) is 14.1. The van der Waals surface area contributed by atoms with Gasteiger partial charge in [0.1, 0.15) is 24.0 Å². The Balaban J connectivity index is 1.51. The Bertz CT molecular complexity index is 849. The van der Waals surface area contributed by atoms with Crippen LogP contribution >= 0.6 is 22.6 Å². The van der Waals surface area contributed by atoms with E-state index in [0.717, 1.165) is 51.4 Å². The van der Waals surface area contributed by atoms with Gasteiger partial charge in [-0.25, -0.2) is 8.78 Å². The Hall–Kier alpha value is -0.400. The molecule has 11 atom stereocenters. The summed E-state index contributed by atoms with van der Waals surface area (Å²) in [4.78, 5) is 11.6. The minimum absolute atomic E-state index is 0.0822. The van der Waals surface area contributed by atoms with Gasteiger partial charge in [-0.15, -0.1) is 0 Å². The highest BCUT2D eigenvalue weighted by Crippen LogP contribution is 2.49. The van der Waals surface area contributed by atoms with Gasteiger partial charge in [-0.1, -0.05) is 54.5 Å². The molecule has 0 amide bonds. The highest BCUT2D eigenvalue weighted by Gasteiger charge is 2.57. The summed E-state index contributed by atoms with van der Waals surface area (Å²) in [7, 11) is 1.38. The van der Waals surface area contributed by atoms with Crippen molar-refractivity contribution in [3.05, 3.63) is 12.2 Å². The van der Waals surface area contributed by atoms with Gasteiger partial charge in [-0.2, -0.15) is 0 Å². The van der Waals surface area contributed by atoms with Gasteiger partial charge < -0.3 is 28.4 Å². The van der Waals surface area contributed by atoms with Crippen LogP contribution < -0.4 is 0 Å². The van der Waals surface area contributed by atoms with Gasteiger partial charge in [-0.05, 0) is 64.7 Å². The highest BCUT2D eigenvalue weighted by molar-refractivity contribution is 14.1. The average Bonchev–Trinajstić information content (AvgIpc) is 3.50. The molecule has 5 unspecified atom stereocenters. The van der Waals surface area contributed by atoms with E-state index in [1.54, 1.807) is 13.0 Å². The third-order valence-corrected chi connectivity index (χ3v) is 10.6. The maximum absolute atomic E-state index is 16.3. The van der Waals surface area contributed by atoms with E-state index in [2.05, 4.69) is 22.6 Å². The van der Waals surface area contributed by atoms with Crippen LogP contribution in [0.25, 0.3) is 0 Å². The zero-order chi connectivity index (χ0) is 30.1. The molecule has 3 saturated heterocycles. The van der Waals surface area contributed by atoms with Crippen LogP contribution in [0.2, 0.25) is 0 Å². The van der Waals surface area contributed by atoms with Crippen molar-refractivity contribution < 1.29 is 42.0 Å². The molecule has 0 bridgehead atoms. The van der Waals surface area contributed by atoms with E-state index >= 15 is 8.78 Å². The van der Waals surface area contributed by atoms with Crippen LogP contribution in [0.3, 0.4) is 0 Å². The zero-order valence-electron chi connectivity index (χ0n) is 25.5. The van der Waals surface area contributed by atoms with Crippen molar-refractivity contribution in [2.24, 2.45) is 11.8 Å². The number of alkyl halides is 3. The number of rotatable bonds is 15. The van der Waals surface area contributed by atoms with Crippen LogP contribution in [0.15, 0.2) is 12.2 Å². The molecule has 3 aliphatic heterocycles.